The quantitative estimate of drug-likeness (QED) is 0.448. The number of rotatable bonds is 3. The Labute approximate surface area is 182 Å². The van der Waals surface area contributed by atoms with Crippen LogP contribution in [0, 0.1) is 41.5 Å². The van der Waals surface area contributed by atoms with Gasteiger partial charge < -0.3 is 5.73 Å². The third-order valence-electron chi connectivity index (χ3n) is 5.42. The Hall–Kier alpha value is -3.67. The van der Waals surface area contributed by atoms with E-state index in [1.165, 1.54) is 42.2 Å². The van der Waals surface area contributed by atoms with Crippen molar-refractivity contribution in [2.24, 2.45) is 16.6 Å². The smallest absolute Gasteiger partial charge is 0.205 e. The van der Waals surface area contributed by atoms with Gasteiger partial charge in [-0.05, 0) is 36.6 Å². The summed E-state index contributed by atoms with van der Waals surface area (Å²) in [6.07, 6.45) is 5.01. The number of alkyl halides is 1. The molecule has 2 heterocycles. The molecule has 1 aliphatic carbocycles. The lowest BCUT2D eigenvalue weighted by atomic mass is 9.84. The van der Waals surface area contributed by atoms with Gasteiger partial charge in [0, 0.05) is 34.1 Å². The van der Waals surface area contributed by atoms with Crippen molar-refractivity contribution < 1.29 is 8.78 Å². The fourth-order valence-corrected chi connectivity index (χ4v) is 5.20. The number of hydrogen-bond donors (Lipinski definition) is 1. The van der Waals surface area contributed by atoms with Crippen LogP contribution in [0.25, 0.3) is 4.85 Å². The number of fused-ring (bicyclic) bond motifs is 1. The average molecular weight is 431 g/mol. The van der Waals surface area contributed by atoms with Crippen LogP contribution in [0.4, 0.5) is 14.5 Å². The summed E-state index contributed by atoms with van der Waals surface area (Å²) < 4.78 is 28.8. The molecule has 1 aromatic carbocycles. The molecule has 0 amide bonds. The molecule has 4 rings (SSSR count). The van der Waals surface area contributed by atoms with Crippen molar-refractivity contribution >= 4 is 22.6 Å². The highest BCUT2D eigenvalue weighted by molar-refractivity contribution is 8.15. The molecule has 3 atom stereocenters. The molecule has 0 saturated heterocycles. The molecule has 2 aliphatic rings. The van der Waals surface area contributed by atoms with Gasteiger partial charge in [0.25, 0.3) is 0 Å². The van der Waals surface area contributed by atoms with Crippen LogP contribution in [0.3, 0.4) is 0 Å². The molecule has 2 N–H and O–H groups in total. The summed E-state index contributed by atoms with van der Waals surface area (Å²) in [4.78, 5) is 11.7. The fraction of sp³-hybridized carbons (Fsp3) is 0.217. The molecule has 0 bridgehead atoms. The molecule has 152 valence electrons. The van der Waals surface area contributed by atoms with E-state index in [-0.39, 0.29) is 16.6 Å². The number of aromatic nitrogens is 1. The zero-order chi connectivity index (χ0) is 22.1. The number of halogens is 2. The van der Waals surface area contributed by atoms with E-state index >= 15 is 0 Å². The topological polar surface area (TPSA) is 79.4 Å². The van der Waals surface area contributed by atoms with Crippen LogP contribution in [-0.2, 0) is 5.54 Å². The predicted octanol–water partition coefficient (Wildman–Crippen LogP) is 4.24. The Morgan fingerprint density at radius 2 is 2.19 bits per heavy atom. The molecule has 0 spiro atoms. The fourth-order valence-electron chi connectivity index (χ4n) is 3.87. The van der Waals surface area contributed by atoms with Gasteiger partial charge in [0.1, 0.15) is 23.7 Å². The van der Waals surface area contributed by atoms with Gasteiger partial charge in [0.15, 0.2) is 5.17 Å². The largest absolute Gasteiger partial charge is 0.378 e. The van der Waals surface area contributed by atoms with E-state index in [1.807, 2.05) is 6.07 Å². The summed E-state index contributed by atoms with van der Waals surface area (Å²) in [6.45, 7) is 6.03. The van der Waals surface area contributed by atoms with Crippen LogP contribution in [0.1, 0.15) is 23.2 Å². The zero-order valence-electron chi connectivity index (χ0n) is 16.1. The van der Waals surface area contributed by atoms with Gasteiger partial charge in [0.05, 0.1) is 12.6 Å². The van der Waals surface area contributed by atoms with Gasteiger partial charge in [-0.2, -0.15) is 5.26 Å². The Kier molecular flexibility index (Phi) is 5.23. The second-order valence-corrected chi connectivity index (χ2v) is 8.62. The van der Waals surface area contributed by atoms with E-state index in [9.17, 15) is 8.78 Å². The number of aliphatic imine (C=N–C) groups is 1. The summed E-state index contributed by atoms with van der Waals surface area (Å²) in [5.74, 6) is 4.86. The number of hydrogen-bond acceptors (Lipinski definition) is 5. The SMILES string of the molecule is [C-]#[N+]c1ccc(C#Cc2ccc(F)c([C@@]3(CF)N=C(N)S[C@@]4(/C=C/C#N)C[C@H]43)c2)nc1. The molecular formula is C23H15F2N5S. The number of pyridine rings is 1. The lowest BCUT2D eigenvalue weighted by molar-refractivity contribution is 0.267. The van der Waals surface area contributed by atoms with Gasteiger partial charge in [-0.15, -0.1) is 0 Å². The summed E-state index contributed by atoms with van der Waals surface area (Å²) in [6, 6.07) is 9.42. The van der Waals surface area contributed by atoms with Crippen molar-refractivity contribution in [3.05, 3.63) is 82.7 Å². The Balaban J connectivity index is 1.73. The standard InChI is InChI=1S/C23H15F2N5S/c1-28-17-7-6-16(29-13-17)5-3-15-4-8-19(25)18(11-15)23(14-24)20-12-22(20,9-2-10-26)31-21(27)30-23/h2,4,6-9,11,13,20H,12,14H2,(H2,27,30)/b9-2+/t20-,22+,23-/m1/s1. The minimum absolute atomic E-state index is 0.0959. The highest BCUT2D eigenvalue weighted by Gasteiger charge is 2.67. The number of nitrogens with zero attached hydrogens (tertiary/aromatic N) is 4. The van der Waals surface area contributed by atoms with E-state index < -0.39 is 22.8 Å². The molecule has 0 radical (unpaired) electrons. The molecule has 1 saturated carbocycles. The highest BCUT2D eigenvalue weighted by atomic mass is 32.2. The Morgan fingerprint density at radius 3 is 2.87 bits per heavy atom. The normalized spacial score (nSPS) is 26.1. The van der Waals surface area contributed by atoms with Gasteiger partial charge in [0.2, 0.25) is 5.69 Å². The first kappa shape index (κ1) is 20.6. The number of amidine groups is 1. The van der Waals surface area contributed by atoms with Crippen LogP contribution in [-0.4, -0.2) is 21.6 Å². The Morgan fingerprint density at radius 1 is 1.35 bits per heavy atom. The van der Waals surface area contributed by atoms with Gasteiger partial charge in [-0.1, -0.05) is 29.8 Å². The highest BCUT2D eigenvalue weighted by Crippen LogP contribution is 2.66. The number of nitriles is 1. The predicted molar refractivity (Wildman–Crippen MR) is 115 cm³/mol. The van der Waals surface area contributed by atoms with Gasteiger partial charge in [-0.3, -0.25) is 4.98 Å². The lowest BCUT2D eigenvalue weighted by Gasteiger charge is -2.34. The summed E-state index contributed by atoms with van der Waals surface area (Å²) in [5, 5.41) is 9.05. The molecule has 8 heteroatoms. The number of benzene rings is 1. The molecule has 1 fully saturated rings. The van der Waals surface area contributed by atoms with Crippen molar-refractivity contribution in [1.82, 2.24) is 4.98 Å². The van der Waals surface area contributed by atoms with E-state index in [0.29, 0.717) is 23.4 Å². The third-order valence-corrected chi connectivity index (χ3v) is 6.69. The molecule has 0 unspecified atom stereocenters. The summed E-state index contributed by atoms with van der Waals surface area (Å²) in [5.41, 5.74) is 5.96. The molecule has 2 aromatic rings. The van der Waals surface area contributed by atoms with Crippen molar-refractivity contribution in [3.63, 3.8) is 0 Å². The van der Waals surface area contributed by atoms with Crippen LogP contribution in [0.5, 0.6) is 0 Å². The summed E-state index contributed by atoms with van der Waals surface area (Å²) >= 11 is 1.28. The minimum Gasteiger partial charge on any atom is -0.378 e. The van der Waals surface area contributed by atoms with Crippen molar-refractivity contribution in [3.8, 4) is 17.9 Å². The number of allylic oxidation sites excluding steroid dienone is 1. The zero-order valence-corrected chi connectivity index (χ0v) is 17.0. The van der Waals surface area contributed by atoms with Crippen LogP contribution in [0.15, 0.2) is 53.7 Å². The van der Waals surface area contributed by atoms with E-state index in [0.717, 1.165) is 0 Å². The number of thioether (sulfide) groups is 1. The Bertz CT molecular complexity index is 1250. The van der Waals surface area contributed by atoms with E-state index in [1.54, 1.807) is 18.2 Å². The van der Waals surface area contributed by atoms with Crippen molar-refractivity contribution in [2.75, 3.05) is 6.67 Å². The van der Waals surface area contributed by atoms with E-state index in [2.05, 4.69) is 26.7 Å². The molecule has 1 aliphatic heterocycles. The molecule has 31 heavy (non-hydrogen) atoms. The number of nitrogens with two attached hydrogens (primary N) is 1. The second kappa shape index (κ2) is 7.87. The van der Waals surface area contributed by atoms with Gasteiger partial charge >= 0.3 is 0 Å². The molecular weight excluding hydrogens is 416 g/mol. The van der Waals surface area contributed by atoms with E-state index in [4.69, 9.17) is 17.6 Å². The van der Waals surface area contributed by atoms with Gasteiger partial charge in [-0.25, -0.2) is 18.6 Å². The van der Waals surface area contributed by atoms with Crippen LogP contribution < -0.4 is 5.73 Å². The first-order valence-electron chi connectivity index (χ1n) is 9.29. The lowest BCUT2D eigenvalue weighted by Crippen LogP contribution is -2.39. The maximum Gasteiger partial charge on any atom is 0.205 e. The van der Waals surface area contributed by atoms with Crippen LogP contribution >= 0.6 is 11.8 Å². The molecule has 1 aromatic heterocycles. The summed E-state index contributed by atoms with van der Waals surface area (Å²) in [7, 11) is 0. The minimum atomic E-state index is -1.47. The average Bonchev–Trinajstić information content (AvgIpc) is 3.51. The first-order valence-corrected chi connectivity index (χ1v) is 10.1. The van der Waals surface area contributed by atoms with Crippen LogP contribution in [0.2, 0.25) is 0 Å². The molecule has 5 nitrogen and oxygen atoms in total. The van der Waals surface area contributed by atoms with Crippen molar-refractivity contribution in [2.45, 2.75) is 16.7 Å². The van der Waals surface area contributed by atoms with Crippen molar-refractivity contribution in [1.29, 1.82) is 5.26 Å². The second-order valence-electron chi connectivity index (χ2n) is 7.24. The maximum absolute atomic E-state index is 14.9. The third kappa shape index (κ3) is 3.65. The maximum atomic E-state index is 14.9. The first-order chi connectivity index (χ1) is 15.0. The monoisotopic (exact) mass is 431 g/mol.